The maximum atomic E-state index is 11.4. The fourth-order valence-corrected chi connectivity index (χ4v) is 2.31. The molecule has 2 nitrogen and oxygen atoms in total. The van der Waals surface area contributed by atoms with Gasteiger partial charge in [-0.15, -0.1) is 0 Å². The van der Waals surface area contributed by atoms with E-state index in [-0.39, 0.29) is 17.8 Å². The third-order valence-electron chi connectivity index (χ3n) is 2.93. The number of rotatable bonds is 2. The molecule has 3 heteroatoms. The Morgan fingerprint density at radius 2 is 2.07 bits per heavy atom. The number of esters is 1. The largest absolute Gasteiger partial charge is 0.465 e. The van der Waals surface area contributed by atoms with Gasteiger partial charge in [0.15, 0.2) is 0 Å². The molecule has 0 unspecified atom stereocenters. The lowest BCUT2D eigenvalue weighted by Crippen LogP contribution is -2.13. The van der Waals surface area contributed by atoms with Gasteiger partial charge in [-0.3, -0.25) is 4.79 Å². The van der Waals surface area contributed by atoms with E-state index in [4.69, 9.17) is 4.74 Å². The van der Waals surface area contributed by atoms with E-state index in [9.17, 15) is 4.79 Å². The predicted octanol–water partition coefficient (Wildman–Crippen LogP) is 3.12. The average molecular weight is 269 g/mol. The van der Waals surface area contributed by atoms with Crippen LogP contribution in [0.4, 0.5) is 0 Å². The van der Waals surface area contributed by atoms with Gasteiger partial charge in [0.05, 0.1) is 12.5 Å². The highest BCUT2D eigenvalue weighted by atomic mass is 79.9. The molecule has 1 saturated heterocycles. The number of hydrogen-bond acceptors (Lipinski definition) is 2. The number of halogens is 1. The summed E-state index contributed by atoms with van der Waals surface area (Å²) in [6.07, 6.45) is 0.847. The lowest BCUT2D eigenvalue weighted by molar-refractivity contribution is -0.141. The van der Waals surface area contributed by atoms with Crippen molar-refractivity contribution in [3.63, 3.8) is 0 Å². The van der Waals surface area contributed by atoms with E-state index in [0.29, 0.717) is 6.61 Å². The molecule has 1 aliphatic heterocycles. The number of hydrogen-bond donors (Lipinski definition) is 0. The molecule has 0 radical (unpaired) electrons. The minimum Gasteiger partial charge on any atom is -0.465 e. The first kappa shape index (κ1) is 10.7. The molecule has 1 aromatic rings. The van der Waals surface area contributed by atoms with Crippen LogP contribution in [-0.4, -0.2) is 12.6 Å². The summed E-state index contributed by atoms with van der Waals surface area (Å²) in [5, 5.41) is 0. The molecule has 15 heavy (non-hydrogen) atoms. The van der Waals surface area contributed by atoms with Crippen molar-refractivity contribution in [2.75, 3.05) is 6.61 Å². The van der Waals surface area contributed by atoms with Crippen molar-refractivity contribution in [3.8, 4) is 0 Å². The third-order valence-corrected chi connectivity index (χ3v) is 3.46. The zero-order valence-electron chi connectivity index (χ0n) is 8.57. The van der Waals surface area contributed by atoms with Crippen molar-refractivity contribution < 1.29 is 9.53 Å². The normalized spacial score (nSPS) is 25.3. The van der Waals surface area contributed by atoms with Crippen LogP contribution in [0.1, 0.15) is 24.8 Å². The second-order valence-electron chi connectivity index (χ2n) is 3.80. The Labute approximate surface area is 97.8 Å². The molecule has 0 aromatic heterocycles. The lowest BCUT2D eigenvalue weighted by atomic mass is 9.87. The number of carbonyl (C=O) groups excluding carboxylic acids is 1. The molecule has 80 valence electrons. The van der Waals surface area contributed by atoms with Crippen LogP contribution in [0.3, 0.4) is 0 Å². The van der Waals surface area contributed by atoms with E-state index in [1.165, 1.54) is 5.56 Å². The highest BCUT2D eigenvalue weighted by Crippen LogP contribution is 2.34. The van der Waals surface area contributed by atoms with Crippen molar-refractivity contribution in [1.29, 1.82) is 0 Å². The van der Waals surface area contributed by atoms with E-state index >= 15 is 0 Å². The Kier molecular flexibility index (Phi) is 3.10. The quantitative estimate of drug-likeness (QED) is 0.771. The van der Waals surface area contributed by atoms with Crippen molar-refractivity contribution in [1.82, 2.24) is 0 Å². The van der Waals surface area contributed by atoms with Gasteiger partial charge in [-0.05, 0) is 24.1 Å². The van der Waals surface area contributed by atoms with Crippen LogP contribution in [0.2, 0.25) is 0 Å². The number of cyclic esters (lactones) is 1. The number of benzene rings is 1. The topological polar surface area (TPSA) is 26.3 Å². The monoisotopic (exact) mass is 268 g/mol. The van der Waals surface area contributed by atoms with E-state index in [0.717, 1.165) is 10.9 Å². The summed E-state index contributed by atoms with van der Waals surface area (Å²) in [5.74, 6) is 0.215. The zero-order chi connectivity index (χ0) is 10.8. The molecule has 1 aliphatic rings. The maximum Gasteiger partial charge on any atom is 0.309 e. The molecular weight excluding hydrogens is 256 g/mol. The lowest BCUT2D eigenvalue weighted by Gasteiger charge is -2.13. The van der Waals surface area contributed by atoms with Crippen LogP contribution in [0.15, 0.2) is 28.7 Å². The smallest absolute Gasteiger partial charge is 0.309 e. The Morgan fingerprint density at radius 3 is 2.67 bits per heavy atom. The molecule has 1 fully saturated rings. The first-order valence-corrected chi connectivity index (χ1v) is 5.93. The SMILES string of the molecule is CC[C@H]1C(=O)OC[C@@H]1c1ccc(Br)cc1. The molecule has 0 N–H and O–H groups in total. The van der Waals surface area contributed by atoms with Crippen molar-refractivity contribution in [2.24, 2.45) is 5.92 Å². The minimum atomic E-state index is -0.0505. The Morgan fingerprint density at radius 1 is 1.40 bits per heavy atom. The second-order valence-corrected chi connectivity index (χ2v) is 4.72. The van der Waals surface area contributed by atoms with Gasteiger partial charge >= 0.3 is 5.97 Å². The summed E-state index contributed by atoms with van der Waals surface area (Å²) in [4.78, 5) is 11.4. The molecule has 0 saturated carbocycles. The summed E-state index contributed by atoms with van der Waals surface area (Å²) in [5.41, 5.74) is 1.19. The van der Waals surface area contributed by atoms with Crippen LogP contribution in [0.25, 0.3) is 0 Å². The molecule has 2 atom stereocenters. The van der Waals surface area contributed by atoms with Gasteiger partial charge in [0.1, 0.15) is 0 Å². The summed E-state index contributed by atoms with van der Waals surface area (Å²) in [6.45, 7) is 2.56. The molecule has 2 rings (SSSR count). The minimum absolute atomic E-state index is 0.0335. The first-order valence-electron chi connectivity index (χ1n) is 5.14. The van der Waals surface area contributed by atoms with Crippen LogP contribution in [-0.2, 0) is 9.53 Å². The molecule has 1 heterocycles. The molecule has 0 aliphatic carbocycles. The molecule has 0 bridgehead atoms. The fourth-order valence-electron chi connectivity index (χ4n) is 2.05. The summed E-state index contributed by atoms with van der Waals surface area (Å²) in [6, 6.07) is 8.12. The predicted molar refractivity (Wildman–Crippen MR) is 61.6 cm³/mol. The Hall–Kier alpha value is -0.830. The Bertz CT molecular complexity index is 358. The van der Waals surface area contributed by atoms with E-state index in [1.807, 2.05) is 19.1 Å². The molecular formula is C12H13BrO2. The number of ether oxygens (including phenoxy) is 1. The van der Waals surface area contributed by atoms with Gasteiger partial charge in [0, 0.05) is 10.4 Å². The van der Waals surface area contributed by atoms with Gasteiger partial charge in [-0.1, -0.05) is 35.0 Å². The van der Waals surface area contributed by atoms with Gasteiger partial charge in [0.25, 0.3) is 0 Å². The average Bonchev–Trinajstić information content (AvgIpc) is 2.61. The van der Waals surface area contributed by atoms with Gasteiger partial charge in [-0.2, -0.15) is 0 Å². The maximum absolute atomic E-state index is 11.4. The van der Waals surface area contributed by atoms with Crippen molar-refractivity contribution >= 4 is 21.9 Å². The van der Waals surface area contributed by atoms with Crippen LogP contribution >= 0.6 is 15.9 Å². The summed E-state index contributed by atoms with van der Waals surface area (Å²) in [7, 11) is 0. The molecule has 1 aromatic carbocycles. The Balaban J connectivity index is 2.23. The van der Waals surface area contributed by atoms with Crippen molar-refractivity contribution in [3.05, 3.63) is 34.3 Å². The highest BCUT2D eigenvalue weighted by Gasteiger charge is 2.36. The molecule has 0 spiro atoms. The van der Waals surface area contributed by atoms with Crippen molar-refractivity contribution in [2.45, 2.75) is 19.3 Å². The fraction of sp³-hybridized carbons (Fsp3) is 0.417. The van der Waals surface area contributed by atoms with E-state index in [2.05, 4.69) is 28.1 Å². The van der Waals surface area contributed by atoms with Gasteiger partial charge < -0.3 is 4.74 Å². The van der Waals surface area contributed by atoms with Crippen LogP contribution < -0.4 is 0 Å². The zero-order valence-corrected chi connectivity index (χ0v) is 10.2. The van der Waals surface area contributed by atoms with Crippen LogP contribution in [0.5, 0.6) is 0 Å². The molecule has 0 amide bonds. The summed E-state index contributed by atoms with van der Waals surface area (Å²) < 4.78 is 6.16. The number of carbonyl (C=O) groups is 1. The second kappa shape index (κ2) is 4.35. The standard InChI is InChI=1S/C12H13BrO2/c1-2-10-11(7-15-12(10)14)8-3-5-9(13)6-4-8/h3-6,10-11H,2,7H2,1H3/t10-,11-/m1/s1. The third kappa shape index (κ3) is 2.07. The van der Waals surface area contributed by atoms with Crippen LogP contribution in [0, 0.1) is 5.92 Å². The van der Waals surface area contributed by atoms with E-state index < -0.39 is 0 Å². The van der Waals surface area contributed by atoms with E-state index in [1.54, 1.807) is 0 Å². The highest BCUT2D eigenvalue weighted by molar-refractivity contribution is 9.10. The first-order chi connectivity index (χ1) is 7.22. The van der Waals surface area contributed by atoms with Gasteiger partial charge in [-0.25, -0.2) is 0 Å². The van der Waals surface area contributed by atoms with Gasteiger partial charge in [0.2, 0.25) is 0 Å². The summed E-state index contributed by atoms with van der Waals surface area (Å²) >= 11 is 3.40.